The van der Waals surface area contributed by atoms with E-state index in [9.17, 15) is 9.59 Å². The normalized spacial score (nSPS) is 16.5. The van der Waals surface area contributed by atoms with Crippen LogP contribution in [-0.4, -0.2) is 39.3 Å². The lowest BCUT2D eigenvalue weighted by molar-refractivity contribution is -0.128. The van der Waals surface area contributed by atoms with E-state index in [1.165, 1.54) is 5.39 Å². The summed E-state index contributed by atoms with van der Waals surface area (Å²) < 4.78 is 0. The number of carbonyl (C=O) groups excluding carboxylic acids is 2. The maximum Gasteiger partial charge on any atom is 0.225 e. The van der Waals surface area contributed by atoms with Crippen molar-refractivity contribution in [3.63, 3.8) is 0 Å². The number of hydrogen-bond donors (Lipinski definition) is 1. The lowest BCUT2D eigenvalue weighted by Gasteiger charge is -2.18. The maximum absolute atomic E-state index is 12.4. The summed E-state index contributed by atoms with van der Waals surface area (Å²) in [5.74, 6) is 0.0163. The molecule has 0 radical (unpaired) electrons. The van der Waals surface area contributed by atoms with Crippen LogP contribution in [0.2, 0.25) is 0 Å². The van der Waals surface area contributed by atoms with Crippen LogP contribution < -0.4 is 5.32 Å². The van der Waals surface area contributed by atoms with Gasteiger partial charge in [0.05, 0.1) is 11.7 Å². The average molecular weight is 374 g/mol. The fourth-order valence-electron chi connectivity index (χ4n) is 3.66. The number of carbonyl (C=O) groups is 2. The maximum atomic E-state index is 12.4. The zero-order chi connectivity index (χ0) is 19.3. The number of aromatic nitrogens is 2. The SMILES string of the molecule is O=C(CCc1cnccn1)NC1CC(=O)N(Cc2cccc3ccccc23)C1. The van der Waals surface area contributed by atoms with Crippen LogP contribution in [0.15, 0.2) is 61.1 Å². The Morgan fingerprint density at radius 2 is 2.00 bits per heavy atom. The van der Waals surface area contributed by atoms with Crippen LogP contribution in [0.3, 0.4) is 0 Å². The van der Waals surface area contributed by atoms with E-state index in [0.717, 1.165) is 16.6 Å². The molecule has 1 N–H and O–H groups in total. The van der Waals surface area contributed by atoms with Crippen molar-refractivity contribution >= 4 is 22.6 Å². The fourth-order valence-corrected chi connectivity index (χ4v) is 3.66. The Morgan fingerprint density at radius 1 is 1.14 bits per heavy atom. The quantitative estimate of drug-likeness (QED) is 0.719. The number of rotatable bonds is 6. The largest absolute Gasteiger partial charge is 0.351 e. The molecule has 0 saturated carbocycles. The van der Waals surface area contributed by atoms with E-state index >= 15 is 0 Å². The van der Waals surface area contributed by atoms with Crippen LogP contribution in [0.4, 0.5) is 0 Å². The monoisotopic (exact) mass is 374 g/mol. The molecule has 0 aliphatic carbocycles. The predicted molar refractivity (Wildman–Crippen MR) is 106 cm³/mol. The number of nitrogens with one attached hydrogen (secondary N) is 1. The van der Waals surface area contributed by atoms with Gasteiger partial charge in [-0.2, -0.15) is 0 Å². The number of benzene rings is 2. The average Bonchev–Trinajstić information content (AvgIpc) is 3.06. The molecule has 0 bridgehead atoms. The number of likely N-dealkylation sites (tertiary alicyclic amines) is 1. The molecule has 1 aromatic heterocycles. The van der Waals surface area contributed by atoms with Gasteiger partial charge in [-0.15, -0.1) is 0 Å². The van der Waals surface area contributed by atoms with Gasteiger partial charge < -0.3 is 10.2 Å². The van der Waals surface area contributed by atoms with Gasteiger partial charge in [0.15, 0.2) is 0 Å². The molecule has 1 unspecified atom stereocenters. The second kappa shape index (κ2) is 8.17. The molecule has 1 aliphatic rings. The summed E-state index contributed by atoms with van der Waals surface area (Å²) in [5.41, 5.74) is 1.92. The van der Waals surface area contributed by atoms with Gasteiger partial charge in [-0.3, -0.25) is 19.6 Å². The second-order valence-electron chi connectivity index (χ2n) is 7.08. The van der Waals surface area contributed by atoms with Crippen molar-refractivity contribution < 1.29 is 9.59 Å². The van der Waals surface area contributed by atoms with E-state index in [1.807, 2.05) is 23.1 Å². The van der Waals surface area contributed by atoms with E-state index in [2.05, 4.69) is 39.6 Å². The highest BCUT2D eigenvalue weighted by Crippen LogP contribution is 2.22. The third-order valence-corrected chi connectivity index (χ3v) is 5.05. The molecule has 1 aliphatic heterocycles. The smallest absolute Gasteiger partial charge is 0.225 e. The van der Waals surface area contributed by atoms with E-state index in [-0.39, 0.29) is 17.9 Å². The third-order valence-electron chi connectivity index (χ3n) is 5.05. The molecule has 3 aromatic rings. The third kappa shape index (κ3) is 4.17. The van der Waals surface area contributed by atoms with Crippen molar-refractivity contribution in [1.29, 1.82) is 0 Å². The second-order valence-corrected chi connectivity index (χ2v) is 7.08. The van der Waals surface area contributed by atoms with Gasteiger partial charge in [0.1, 0.15) is 0 Å². The van der Waals surface area contributed by atoms with Crippen molar-refractivity contribution in [3.05, 3.63) is 72.3 Å². The van der Waals surface area contributed by atoms with Gasteiger partial charge in [-0.1, -0.05) is 42.5 Å². The molecular weight excluding hydrogens is 352 g/mol. The summed E-state index contributed by atoms with van der Waals surface area (Å²) in [6, 6.07) is 14.2. The van der Waals surface area contributed by atoms with Crippen molar-refractivity contribution in [3.8, 4) is 0 Å². The molecule has 6 heteroatoms. The number of amides is 2. The Labute approximate surface area is 163 Å². The first-order valence-electron chi connectivity index (χ1n) is 9.48. The summed E-state index contributed by atoms with van der Waals surface area (Å²) in [7, 11) is 0. The zero-order valence-electron chi connectivity index (χ0n) is 15.5. The Hall–Kier alpha value is -3.28. The van der Waals surface area contributed by atoms with E-state index < -0.39 is 0 Å². The number of aryl methyl sites for hydroxylation is 1. The van der Waals surface area contributed by atoms with Gasteiger partial charge >= 0.3 is 0 Å². The Morgan fingerprint density at radius 3 is 2.86 bits per heavy atom. The van der Waals surface area contributed by atoms with Crippen LogP contribution in [0, 0.1) is 0 Å². The number of fused-ring (bicyclic) bond motifs is 1. The van der Waals surface area contributed by atoms with Crippen molar-refractivity contribution in [2.24, 2.45) is 0 Å². The molecular formula is C22H22N4O2. The standard InChI is InChI=1S/C22H22N4O2/c27-21(9-8-18-13-23-10-11-24-18)25-19-12-22(28)26(15-19)14-17-6-3-5-16-4-1-2-7-20(16)17/h1-7,10-11,13,19H,8-9,12,14-15H2,(H,25,27). The van der Waals surface area contributed by atoms with Crippen LogP contribution in [-0.2, 0) is 22.6 Å². The Balaban J connectivity index is 1.34. The van der Waals surface area contributed by atoms with Crippen molar-refractivity contribution in [1.82, 2.24) is 20.2 Å². The first kappa shape index (κ1) is 18.1. The lowest BCUT2D eigenvalue weighted by atomic mass is 10.0. The Bertz CT molecular complexity index is 985. The highest BCUT2D eigenvalue weighted by Gasteiger charge is 2.30. The summed E-state index contributed by atoms with van der Waals surface area (Å²) in [4.78, 5) is 34.7. The van der Waals surface area contributed by atoms with E-state index in [1.54, 1.807) is 18.6 Å². The zero-order valence-corrected chi connectivity index (χ0v) is 15.5. The molecule has 2 heterocycles. The summed E-state index contributed by atoms with van der Waals surface area (Å²) in [6.45, 7) is 1.10. The van der Waals surface area contributed by atoms with Crippen LogP contribution in [0.1, 0.15) is 24.1 Å². The first-order chi connectivity index (χ1) is 13.7. The molecule has 1 fully saturated rings. The topological polar surface area (TPSA) is 75.2 Å². The summed E-state index contributed by atoms with van der Waals surface area (Å²) >= 11 is 0. The minimum absolute atomic E-state index is 0.0598. The number of nitrogens with zero attached hydrogens (tertiary/aromatic N) is 3. The minimum Gasteiger partial charge on any atom is -0.351 e. The van der Waals surface area contributed by atoms with E-state index in [4.69, 9.17) is 0 Å². The Kier molecular flexibility index (Phi) is 5.28. The highest BCUT2D eigenvalue weighted by atomic mass is 16.2. The molecule has 1 saturated heterocycles. The minimum atomic E-state index is -0.142. The molecule has 4 rings (SSSR count). The highest BCUT2D eigenvalue weighted by molar-refractivity contribution is 5.87. The first-order valence-corrected chi connectivity index (χ1v) is 9.48. The summed E-state index contributed by atoms with van der Waals surface area (Å²) in [6.07, 6.45) is 6.12. The molecule has 2 aromatic carbocycles. The molecule has 28 heavy (non-hydrogen) atoms. The lowest BCUT2D eigenvalue weighted by Crippen LogP contribution is -2.37. The molecule has 142 valence electrons. The van der Waals surface area contributed by atoms with Gasteiger partial charge in [-0.05, 0) is 22.8 Å². The molecule has 0 spiro atoms. The van der Waals surface area contributed by atoms with Gasteiger partial charge in [-0.25, -0.2) is 0 Å². The van der Waals surface area contributed by atoms with Gasteiger partial charge in [0, 0.05) is 44.5 Å². The fraction of sp³-hybridized carbons (Fsp3) is 0.273. The van der Waals surface area contributed by atoms with Crippen LogP contribution in [0.25, 0.3) is 10.8 Å². The van der Waals surface area contributed by atoms with Crippen LogP contribution >= 0.6 is 0 Å². The van der Waals surface area contributed by atoms with Crippen LogP contribution in [0.5, 0.6) is 0 Å². The van der Waals surface area contributed by atoms with E-state index in [0.29, 0.717) is 32.4 Å². The van der Waals surface area contributed by atoms with Gasteiger partial charge in [0.2, 0.25) is 11.8 Å². The molecule has 6 nitrogen and oxygen atoms in total. The van der Waals surface area contributed by atoms with Crippen molar-refractivity contribution in [2.45, 2.75) is 31.8 Å². The van der Waals surface area contributed by atoms with Crippen molar-refractivity contribution in [2.75, 3.05) is 6.54 Å². The summed E-state index contributed by atoms with van der Waals surface area (Å²) in [5, 5.41) is 5.31. The van der Waals surface area contributed by atoms with Gasteiger partial charge in [0.25, 0.3) is 0 Å². The molecule has 2 amide bonds. The molecule has 1 atom stereocenters. The predicted octanol–water partition coefficient (Wildman–Crippen LogP) is 2.48. The number of hydrogen-bond acceptors (Lipinski definition) is 4.